The molecule has 128 valence electrons. The lowest BCUT2D eigenvalue weighted by molar-refractivity contribution is 0.102. The molecule has 4 heterocycles. The number of nitrogens with two attached hydrogens (primary N) is 1. The van der Waals surface area contributed by atoms with Gasteiger partial charge in [-0.25, -0.2) is 13.9 Å². The van der Waals surface area contributed by atoms with Crippen LogP contribution in [0.2, 0.25) is 0 Å². The lowest BCUT2D eigenvalue weighted by atomic mass is 10.2. The molecule has 3 N–H and O–H groups in total. The van der Waals surface area contributed by atoms with E-state index in [9.17, 15) is 9.18 Å². The van der Waals surface area contributed by atoms with Crippen LogP contribution in [0.25, 0.3) is 5.65 Å². The number of rotatable bonds is 3. The van der Waals surface area contributed by atoms with Crippen LogP contribution in [0.15, 0.2) is 30.9 Å². The number of anilines is 3. The van der Waals surface area contributed by atoms with Crippen LogP contribution in [0, 0.1) is 5.82 Å². The van der Waals surface area contributed by atoms with Crippen LogP contribution in [0.3, 0.4) is 0 Å². The Bertz CT molecular complexity index is 949. The summed E-state index contributed by atoms with van der Waals surface area (Å²) in [5.41, 5.74) is 7.66. The Morgan fingerprint density at radius 1 is 1.28 bits per heavy atom. The molecule has 25 heavy (non-hydrogen) atoms. The number of nitrogens with one attached hydrogen (secondary N) is 1. The van der Waals surface area contributed by atoms with E-state index in [1.165, 1.54) is 0 Å². The minimum absolute atomic E-state index is 0.00706. The maximum absolute atomic E-state index is 13.3. The lowest BCUT2D eigenvalue weighted by Gasteiger charge is -2.20. The number of hydrogen-bond donors (Lipinski definition) is 2. The summed E-state index contributed by atoms with van der Waals surface area (Å²) in [6.45, 7) is 1.85. The first-order valence-corrected chi connectivity index (χ1v) is 7.93. The van der Waals surface area contributed by atoms with Gasteiger partial charge in [0, 0.05) is 19.3 Å². The number of carbonyl (C=O) groups excluding carboxylic acids is 1. The van der Waals surface area contributed by atoms with Crippen LogP contribution < -0.4 is 16.0 Å². The fourth-order valence-corrected chi connectivity index (χ4v) is 3.03. The number of hydrogen-bond acceptors (Lipinski definition) is 6. The van der Waals surface area contributed by atoms with E-state index in [0.29, 0.717) is 5.69 Å². The van der Waals surface area contributed by atoms with Gasteiger partial charge in [-0.2, -0.15) is 0 Å². The third-order valence-corrected chi connectivity index (χ3v) is 4.19. The molecule has 1 saturated heterocycles. The van der Waals surface area contributed by atoms with E-state index in [4.69, 9.17) is 5.73 Å². The second-order valence-corrected chi connectivity index (χ2v) is 5.84. The molecule has 8 nitrogen and oxygen atoms in total. The third-order valence-electron chi connectivity index (χ3n) is 4.19. The van der Waals surface area contributed by atoms with E-state index in [2.05, 4.69) is 25.3 Å². The summed E-state index contributed by atoms with van der Waals surface area (Å²) in [5, 5.41) is 6.79. The predicted octanol–water partition coefficient (Wildman–Crippen LogP) is 1.70. The molecule has 1 amide bonds. The zero-order valence-electron chi connectivity index (χ0n) is 13.3. The van der Waals surface area contributed by atoms with Crippen LogP contribution in [0.4, 0.5) is 21.6 Å². The van der Waals surface area contributed by atoms with Crippen molar-refractivity contribution in [1.82, 2.24) is 19.6 Å². The average Bonchev–Trinajstić information content (AvgIpc) is 3.22. The minimum Gasteiger partial charge on any atom is -0.381 e. The molecule has 0 radical (unpaired) electrons. The zero-order valence-corrected chi connectivity index (χ0v) is 13.3. The van der Waals surface area contributed by atoms with Crippen LogP contribution in [-0.2, 0) is 0 Å². The van der Waals surface area contributed by atoms with Crippen molar-refractivity contribution in [2.24, 2.45) is 0 Å². The van der Waals surface area contributed by atoms with Gasteiger partial charge < -0.3 is 16.0 Å². The Labute approximate surface area is 142 Å². The van der Waals surface area contributed by atoms with Gasteiger partial charge in [-0.05, 0) is 18.9 Å². The summed E-state index contributed by atoms with van der Waals surface area (Å²) in [5.74, 6) is -1.02. The maximum atomic E-state index is 13.3. The third kappa shape index (κ3) is 2.73. The highest BCUT2D eigenvalue weighted by Crippen LogP contribution is 2.28. The van der Waals surface area contributed by atoms with E-state index in [1.54, 1.807) is 18.5 Å². The molecular formula is C16H16FN7O. The van der Waals surface area contributed by atoms with Gasteiger partial charge in [-0.1, -0.05) is 0 Å². The minimum atomic E-state index is -0.563. The summed E-state index contributed by atoms with van der Waals surface area (Å²) in [7, 11) is 0. The number of fused-ring (bicyclic) bond motifs is 1. The van der Waals surface area contributed by atoms with Crippen molar-refractivity contribution in [3.63, 3.8) is 0 Å². The zero-order chi connectivity index (χ0) is 17.4. The molecular weight excluding hydrogens is 325 g/mol. The molecule has 0 spiro atoms. The van der Waals surface area contributed by atoms with E-state index < -0.39 is 11.7 Å². The summed E-state index contributed by atoms with van der Waals surface area (Å²) < 4.78 is 14.4. The van der Waals surface area contributed by atoms with Gasteiger partial charge in [0.15, 0.2) is 17.3 Å². The van der Waals surface area contributed by atoms with Crippen LogP contribution in [0.1, 0.15) is 23.2 Å². The largest absolute Gasteiger partial charge is 0.381 e. The Balaban J connectivity index is 1.68. The molecule has 0 aliphatic carbocycles. The highest BCUT2D eigenvalue weighted by Gasteiger charge is 2.22. The number of pyridine rings is 1. The highest BCUT2D eigenvalue weighted by molar-refractivity contribution is 6.12. The normalized spacial score (nSPS) is 14.2. The van der Waals surface area contributed by atoms with Crippen LogP contribution in [0.5, 0.6) is 0 Å². The number of nitrogen functional groups attached to an aromatic ring is 1. The van der Waals surface area contributed by atoms with Crippen molar-refractivity contribution in [3.8, 4) is 0 Å². The smallest absolute Gasteiger partial charge is 0.263 e. The maximum Gasteiger partial charge on any atom is 0.263 e. The van der Waals surface area contributed by atoms with Crippen LogP contribution >= 0.6 is 0 Å². The van der Waals surface area contributed by atoms with Crippen LogP contribution in [-0.4, -0.2) is 38.6 Å². The van der Waals surface area contributed by atoms with E-state index in [-0.39, 0.29) is 17.0 Å². The van der Waals surface area contributed by atoms with Crippen molar-refractivity contribution in [1.29, 1.82) is 0 Å². The fourth-order valence-electron chi connectivity index (χ4n) is 3.03. The summed E-state index contributed by atoms with van der Waals surface area (Å²) in [4.78, 5) is 23.0. The molecule has 0 saturated carbocycles. The number of nitrogens with zero attached hydrogens (tertiary/aromatic N) is 5. The van der Waals surface area contributed by atoms with Crippen molar-refractivity contribution < 1.29 is 9.18 Å². The Hall–Kier alpha value is -3.23. The van der Waals surface area contributed by atoms with E-state index in [0.717, 1.165) is 48.5 Å². The van der Waals surface area contributed by atoms with Gasteiger partial charge in [-0.15, -0.1) is 5.10 Å². The first-order valence-electron chi connectivity index (χ1n) is 7.93. The molecule has 1 aliphatic heterocycles. The van der Waals surface area contributed by atoms with Crippen molar-refractivity contribution in [3.05, 3.63) is 42.2 Å². The standard InChI is InChI=1S/C16H16FN7O/c17-10-7-20-15-13(14(18)22-24(15)9-10)16(25)21-11-3-4-19-8-12(11)23-5-1-2-6-23/h3-4,7-9H,1-2,5-6H2,(H2,18,22)(H,19,21,25). The molecule has 0 unspecified atom stereocenters. The highest BCUT2D eigenvalue weighted by atomic mass is 19.1. The van der Waals surface area contributed by atoms with Gasteiger partial charge in [-0.3, -0.25) is 9.78 Å². The molecule has 0 atom stereocenters. The van der Waals surface area contributed by atoms with Gasteiger partial charge in [0.05, 0.1) is 30.0 Å². The second kappa shape index (κ2) is 6.00. The Kier molecular flexibility index (Phi) is 3.68. The molecule has 1 fully saturated rings. The van der Waals surface area contributed by atoms with E-state index >= 15 is 0 Å². The Morgan fingerprint density at radius 3 is 2.88 bits per heavy atom. The molecule has 0 aromatic carbocycles. The molecule has 3 aromatic rings. The van der Waals surface area contributed by atoms with Crippen molar-refractivity contribution >= 4 is 28.7 Å². The molecule has 9 heteroatoms. The van der Waals surface area contributed by atoms with Gasteiger partial charge in [0.1, 0.15) is 5.56 Å². The van der Waals surface area contributed by atoms with Gasteiger partial charge in [0.2, 0.25) is 0 Å². The molecule has 0 bridgehead atoms. The molecule has 3 aromatic heterocycles. The Morgan fingerprint density at radius 2 is 2.08 bits per heavy atom. The summed E-state index contributed by atoms with van der Waals surface area (Å²) in [6, 6.07) is 1.74. The SMILES string of the molecule is Nc1nn2cc(F)cnc2c1C(=O)Nc1ccncc1N1CCCC1. The summed E-state index contributed by atoms with van der Waals surface area (Å²) in [6.07, 6.45) is 7.71. The number of halogens is 1. The first-order chi connectivity index (χ1) is 12.1. The number of aromatic nitrogens is 4. The van der Waals surface area contributed by atoms with Crippen molar-refractivity contribution in [2.45, 2.75) is 12.8 Å². The van der Waals surface area contributed by atoms with Gasteiger partial charge >= 0.3 is 0 Å². The first kappa shape index (κ1) is 15.3. The van der Waals surface area contributed by atoms with Gasteiger partial charge in [0.25, 0.3) is 5.91 Å². The summed E-state index contributed by atoms with van der Waals surface area (Å²) >= 11 is 0. The number of carbonyl (C=O) groups is 1. The topological polar surface area (TPSA) is 101 Å². The van der Waals surface area contributed by atoms with Crippen molar-refractivity contribution in [2.75, 3.05) is 29.0 Å². The van der Waals surface area contributed by atoms with E-state index in [1.807, 2.05) is 0 Å². The quantitative estimate of drug-likeness (QED) is 0.752. The fraction of sp³-hybridized carbons (Fsp3) is 0.250. The molecule has 4 rings (SSSR count). The molecule has 1 aliphatic rings. The lowest BCUT2D eigenvalue weighted by Crippen LogP contribution is -2.21. The monoisotopic (exact) mass is 341 g/mol. The number of amides is 1. The second-order valence-electron chi connectivity index (χ2n) is 5.84. The average molecular weight is 341 g/mol. The predicted molar refractivity (Wildman–Crippen MR) is 91.0 cm³/mol.